The number of halogens is 1. The maximum absolute atomic E-state index is 13.3. The van der Waals surface area contributed by atoms with Crippen molar-refractivity contribution in [1.82, 2.24) is 5.32 Å². The van der Waals surface area contributed by atoms with Crippen molar-refractivity contribution in [2.24, 2.45) is 0 Å². The standard InChI is InChI=1S/C15H16FN/c1-11-6-14(9-15(16)7-11)13-5-3-4-12(8-13)10-17-2/h3-9,17H,10H2,1-2H3. The molecule has 2 rings (SSSR count). The van der Waals surface area contributed by atoms with E-state index in [2.05, 4.69) is 17.4 Å². The number of nitrogens with one attached hydrogen (secondary N) is 1. The van der Waals surface area contributed by atoms with Crippen LogP contribution in [0.3, 0.4) is 0 Å². The van der Waals surface area contributed by atoms with Gasteiger partial charge in [-0.15, -0.1) is 0 Å². The maximum atomic E-state index is 13.3. The van der Waals surface area contributed by atoms with Gasteiger partial charge in [-0.1, -0.05) is 24.3 Å². The highest BCUT2D eigenvalue weighted by atomic mass is 19.1. The lowest BCUT2D eigenvalue weighted by Gasteiger charge is -2.06. The topological polar surface area (TPSA) is 12.0 Å². The van der Waals surface area contributed by atoms with Crippen molar-refractivity contribution in [1.29, 1.82) is 0 Å². The first-order valence-corrected chi connectivity index (χ1v) is 5.70. The number of aryl methyl sites for hydroxylation is 1. The minimum atomic E-state index is -0.181. The quantitative estimate of drug-likeness (QED) is 0.849. The summed E-state index contributed by atoms with van der Waals surface area (Å²) in [6.07, 6.45) is 0. The number of hydrogen-bond acceptors (Lipinski definition) is 1. The van der Waals surface area contributed by atoms with Crippen LogP contribution in [0, 0.1) is 12.7 Å². The molecule has 0 fully saturated rings. The molecule has 88 valence electrons. The van der Waals surface area contributed by atoms with Crippen LogP contribution in [0.15, 0.2) is 42.5 Å². The van der Waals surface area contributed by atoms with Gasteiger partial charge in [-0.25, -0.2) is 4.39 Å². The van der Waals surface area contributed by atoms with E-state index in [-0.39, 0.29) is 5.82 Å². The van der Waals surface area contributed by atoms with Crippen LogP contribution in [0.4, 0.5) is 4.39 Å². The minimum absolute atomic E-state index is 0.181. The molecule has 17 heavy (non-hydrogen) atoms. The molecule has 0 bridgehead atoms. The minimum Gasteiger partial charge on any atom is -0.316 e. The van der Waals surface area contributed by atoms with Gasteiger partial charge in [0, 0.05) is 6.54 Å². The zero-order valence-electron chi connectivity index (χ0n) is 10.1. The molecule has 0 aliphatic rings. The Hall–Kier alpha value is -1.67. The highest BCUT2D eigenvalue weighted by molar-refractivity contribution is 5.65. The van der Waals surface area contributed by atoms with E-state index < -0.39 is 0 Å². The van der Waals surface area contributed by atoms with Crippen LogP contribution in [-0.4, -0.2) is 7.05 Å². The third-order valence-electron chi connectivity index (χ3n) is 2.68. The van der Waals surface area contributed by atoms with Crippen molar-refractivity contribution < 1.29 is 4.39 Å². The van der Waals surface area contributed by atoms with Crippen molar-refractivity contribution in [2.75, 3.05) is 7.05 Å². The second-order valence-electron chi connectivity index (χ2n) is 4.25. The van der Waals surface area contributed by atoms with E-state index in [0.29, 0.717) is 0 Å². The molecule has 0 aromatic heterocycles. The normalized spacial score (nSPS) is 10.5. The molecule has 0 aliphatic carbocycles. The molecule has 0 saturated heterocycles. The Kier molecular flexibility index (Phi) is 3.55. The second-order valence-corrected chi connectivity index (χ2v) is 4.25. The lowest BCUT2D eigenvalue weighted by atomic mass is 10.0. The predicted molar refractivity (Wildman–Crippen MR) is 69.3 cm³/mol. The molecule has 1 nitrogen and oxygen atoms in total. The largest absolute Gasteiger partial charge is 0.316 e. The Morgan fingerprint density at radius 2 is 1.88 bits per heavy atom. The Morgan fingerprint density at radius 1 is 1.06 bits per heavy atom. The van der Waals surface area contributed by atoms with E-state index in [0.717, 1.165) is 23.2 Å². The van der Waals surface area contributed by atoms with E-state index in [1.807, 2.05) is 32.2 Å². The fraction of sp³-hybridized carbons (Fsp3) is 0.200. The molecular weight excluding hydrogens is 213 g/mol. The molecule has 0 spiro atoms. The number of hydrogen-bond donors (Lipinski definition) is 1. The van der Waals surface area contributed by atoms with Crippen LogP contribution in [0.5, 0.6) is 0 Å². The molecule has 0 saturated carbocycles. The first-order chi connectivity index (χ1) is 8.19. The van der Waals surface area contributed by atoms with E-state index in [9.17, 15) is 4.39 Å². The second kappa shape index (κ2) is 5.11. The number of rotatable bonds is 3. The Balaban J connectivity index is 2.41. The summed E-state index contributed by atoms with van der Waals surface area (Å²) in [5.41, 5.74) is 4.13. The van der Waals surface area contributed by atoms with Gasteiger partial charge in [0.15, 0.2) is 0 Å². The van der Waals surface area contributed by atoms with Crippen molar-refractivity contribution in [3.63, 3.8) is 0 Å². The molecule has 2 heteroatoms. The summed E-state index contributed by atoms with van der Waals surface area (Å²) in [6.45, 7) is 2.73. The third kappa shape index (κ3) is 2.92. The molecule has 0 radical (unpaired) electrons. The molecule has 0 aliphatic heterocycles. The molecule has 0 atom stereocenters. The van der Waals surface area contributed by atoms with Gasteiger partial charge in [-0.05, 0) is 54.4 Å². The van der Waals surface area contributed by atoms with Gasteiger partial charge in [-0.3, -0.25) is 0 Å². The lowest BCUT2D eigenvalue weighted by Crippen LogP contribution is -2.04. The van der Waals surface area contributed by atoms with Gasteiger partial charge < -0.3 is 5.32 Å². The summed E-state index contributed by atoms with van der Waals surface area (Å²) >= 11 is 0. The van der Waals surface area contributed by atoms with Gasteiger partial charge >= 0.3 is 0 Å². The first-order valence-electron chi connectivity index (χ1n) is 5.70. The van der Waals surface area contributed by atoms with Crippen molar-refractivity contribution >= 4 is 0 Å². The Labute approximate surface area is 101 Å². The Bertz CT molecular complexity index is 500. The monoisotopic (exact) mass is 229 g/mol. The van der Waals surface area contributed by atoms with E-state index in [1.54, 1.807) is 12.1 Å². The molecule has 2 aromatic carbocycles. The molecule has 1 N–H and O–H groups in total. The summed E-state index contributed by atoms with van der Waals surface area (Å²) in [5.74, 6) is -0.181. The van der Waals surface area contributed by atoms with Crippen LogP contribution >= 0.6 is 0 Å². The van der Waals surface area contributed by atoms with E-state index >= 15 is 0 Å². The molecule has 2 aromatic rings. The third-order valence-corrected chi connectivity index (χ3v) is 2.68. The highest BCUT2D eigenvalue weighted by Crippen LogP contribution is 2.22. The number of benzene rings is 2. The van der Waals surface area contributed by atoms with Crippen molar-refractivity contribution in [3.05, 3.63) is 59.4 Å². The maximum Gasteiger partial charge on any atom is 0.124 e. The zero-order chi connectivity index (χ0) is 12.3. The van der Waals surface area contributed by atoms with Gasteiger partial charge in [0.25, 0.3) is 0 Å². The summed E-state index contributed by atoms with van der Waals surface area (Å²) in [4.78, 5) is 0. The average Bonchev–Trinajstić information content (AvgIpc) is 2.28. The lowest BCUT2D eigenvalue weighted by molar-refractivity contribution is 0.627. The SMILES string of the molecule is CNCc1cccc(-c2cc(C)cc(F)c2)c1. The van der Waals surface area contributed by atoms with Crippen molar-refractivity contribution in [2.45, 2.75) is 13.5 Å². The summed E-state index contributed by atoms with van der Waals surface area (Å²) < 4.78 is 13.3. The van der Waals surface area contributed by atoms with Gasteiger partial charge in [0.2, 0.25) is 0 Å². The zero-order valence-corrected chi connectivity index (χ0v) is 10.1. The fourth-order valence-electron chi connectivity index (χ4n) is 1.97. The average molecular weight is 229 g/mol. The van der Waals surface area contributed by atoms with Crippen molar-refractivity contribution in [3.8, 4) is 11.1 Å². The first kappa shape index (κ1) is 11.8. The van der Waals surface area contributed by atoms with Crippen LogP contribution < -0.4 is 5.32 Å². The van der Waals surface area contributed by atoms with Crippen LogP contribution in [0.1, 0.15) is 11.1 Å². The smallest absolute Gasteiger partial charge is 0.124 e. The van der Waals surface area contributed by atoms with Gasteiger partial charge in [0.1, 0.15) is 5.82 Å². The van der Waals surface area contributed by atoms with Gasteiger partial charge in [-0.2, -0.15) is 0 Å². The molecule has 0 unspecified atom stereocenters. The molecule has 0 amide bonds. The molecular formula is C15H16FN. The summed E-state index contributed by atoms with van der Waals surface area (Å²) in [7, 11) is 1.92. The van der Waals surface area contributed by atoms with Crippen LogP contribution in [0.2, 0.25) is 0 Å². The summed E-state index contributed by atoms with van der Waals surface area (Å²) in [6, 6.07) is 13.3. The van der Waals surface area contributed by atoms with Gasteiger partial charge in [0.05, 0.1) is 0 Å². The highest BCUT2D eigenvalue weighted by Gasteiger charge is 2.02. The van der Waals surface area contributed by atoms with E-state index in [1.165, 1.54) is 5.56 Å². The predicted octanol–water partition coefficient (Wildman–Crippen LogP) is 3.52. The fourth-order valence-corrected chi connectivity index (χ4v) is 1.97. The van der Waals surface area contributed by atoms with Crippen LogP contribution in [0.25, 0.3) is 11.1 Å². The summed E-state index contributed by atoms with van der Waals surface area (Å²) in [5, 5.41) is 3.11. The van der Waals surface area contributed by atoms with Crippen LogP contribution in [-0.2, 0) is 6.54 Å². The molecule has 0 heterocycles. The van der Waals surface area contributed by atoms with E-state index in [4.69, 9.17) is 0 Å². The Morgan fingerprint density at radius 3 is 2.59 bits per heavy atom.